The Morgan fingerprint density at radius 2 is 1.73 bits per heavy atom. The summed E-state index contributed by atoms with van der Waals surface area (Å²) in [6.45, 7) is 1.86. The number of carbonyl (C=O) groups is 1. The van der Waals surface area contributed by atoms with Gasteiger partial charge < -0.3 is 4.90 Å². The van der Waals surface area contributed by atoms with Gasteiger partial charge in [-0.25, -0.2) is 0 Å². The minimum absolute atomic E-state index is 0.0312. The molecule has 4 rings (SSSR count). The monoisotopic (exact) mass is 344 g/mol. The zero-order valence-corrected chi connectivity index (χ0v) is 14.1. The van der Waals surface area contributed by atoms with Crippen molar-refractivity contribution >= 4 is 22.7 Å². The fourth-order valence-electron chi connectivity index (χ4n) is 3.51. The number of rotatable bonds is 3. The number of carbonyl (C=O) groups excluding carboxylic acids is 1. The van der Waals surface area contributed by atoms with E-state index in [2.05, 4.69) is 0 Å². The Labute approximate surface area is 150 Å². The van der Waals surface area contributed by atoms with Gasteiger partial charge in [0.25, 0.3) is 5.69 Å². The molecule has 0 radical (unpaired) electrons. The predicted octanol–water partition coefficient (Wildman–Crippen LogP) is 4.19. The van der Waals surface area contributed by atoms with E-state index in [1.807, 2.05) is 66.6 Å². The number of nitro benzene ring substituents is 1. The highest BCUT2D eigenvalue weighted by atomic mass is 16.6. The van der Waals surface area contributed by atoms with Crippen molar-refractivity contribution in [1.29, 1.82) is 0 Å². The van der Waals surface area contributed by atoms with Gasteiger partial charge in [-0.1, -0.05) is 54.6 Å². The highest BCUT2D eigenvalue weighted by Crippen LogP contribution is 2.46. The van der Waals surface area contributed by atoms with Crippen molar-refractivity contribution in [3.63, 3.8) is 0 Å². The normalized spacial score (nSPS) is 21.3. The fraction of sp³-hybridized carbons (Fsp3) is 0.0952. The average molecular weight is 344 g/mol. The second-order valence-electron chi connectivity index (χ2n) is 6.44. The number of hydrogen-bond acceptors (Lipinski definition) is 4. The first-order valence-corrected chi connectivity index (χ1v) is 8.27. The van der Waals surface area contributed by atoms with E-state index >= 15 is 0 Å². The summed E-state index contributed by atoms with van der Waals surface area (Å²) >= 11 is 0. The molecule has 0 saturated carbocycles. The SMILES string of the molecule is CC12C=CC=CN1C(c1ccccc1)=C(c1cccc([N+](=O)[O-])c1)C2=O. The summed E-state index contributed by atoms with van der Waals surface area (Å²) in [5.74, 6) is -0.0718. The molecule has 5 nitrogen and oxygen atoms in total. The Balaban J connectivity index is 2.00. The van der Waals surface area contributed by atoms with Gasteiger partial charge in [0, 0.05) is 18.3 Å². The molecule has 0 amide bonds. The number of hydrogen-bond donors (Lipinski definition) is 0. The molecule has 0 saturated heterocycles. The van der Waals surface area contributed by atoms with Gasteiger partial charge in [-0.05, 0) is 24.1 Å². The van der Waals surface area contributed by atoms with Gasteiger partial charge in [0.15, 0.2) is 5.78 Å². The van der Waals surface area contributed by atoms with Gasteiger partial charge in [-0.3, -0.25) is 14.9 Å². The summed E-state index contributed by atoms with van der Waals surface area (Å²) < 4.78 is 0. The van der Waals surface area contributed by atoms with E-state index in [-0.39, 0.29) is 11.5 Å². The van der Waals surface area contributed by atoms with Crippen LogP contribution in [0.25, 0.3) is 11.3 Å². The van der Waals surface area contributed by atoms with Crippen LogP contribution in [-0.2, 0) is 4.79 Å². The van der Waals surface area contributed by atoms with Crippen molar-refractivity contribution in [2.24, 2.45) is 0 Å². The first kappa shape index (κ1) is 16.0. The van der Waals surface area contributed by atoms with Gasteiger partial charge in [0.1, 0.15) is 5.54 Å². The largest absolute Gasteiger partial charge is 0.330 e. The predicted molar refractivity (Wildman–Crippen MR) is 99.9 cm³/mol. The van der Waals surface area contributed by atoms with E-state index in [9.17, 15) is 14.9 Å². The molecular formula is C21H16N2O3. The lowest BCUT2D eigenvalue weighted by Crippen LogP contribution is -2.43. The second kappa shape index (κ2) is 5.81. The Morgan fingerprint density at radius 3 is 2.46 bits per heavy atom. The van der Waals surface area contributed by atoms with Crippen LogP contribution in [0.1, 0.15) is 18.1 Å². The molecule has 2 aliphatic rings. The van der Waals surface area contributed by atoms with Crippen LogP contribution in [0.15, 0.2) is 79.0 Å². The summed E-state index contributed by atoms with van der Waals surface area (Å²) in [6, 6.07) is 15.9. The first-order valence-electron chi connectivity index (χ1n) is 8.27. The van der Waals surface area contributed by atoms with Crippen LogP contribution in [0.5, 0.6) is 0 Å². The number of allylic oxidation sites excluding steroid dienone is 2. The minimum atomic E-state index is -0.833. The molecule has 0 fully saturated rings. The molecule has 2 aromatic carbocycles. The van der Waals surface area contributed by atoms with E-state index in [1.54, 1.807) is 12.1 Å². The van der Waals surface area contributed by atoms with E-state index in [0.717, 1.165) is 11.3 Å². The number of nitro groups is 1. The summed E-state index contributed by atoms with van der Waals surface area (Å²) in [7, 11) is 0. The molecule has 26 heavy (non-hydrogen) atoms. The van der Waals surface area contributed by atoms with Gasteiger partial charge >= 0.3 is 0 Å². The lowest BCUT2D eigenvalue weighted by Gasteiger charge is -2.34. The zero-order valence-electron chi connectivity index (χ0n) is 14.1. The van der Waals surface area contributed by atoms with Crippen LogP contribution >= 0.6 is 0 Å². The third kappa shape index (κ3) is 2.29. The Kier molecular flexibility index (Phi) is 3.58. The average Bonchev–Trinajstić information content (AvgIpc) is 2.90. The fourth-order valence-corrected chi connectivity index (χ4v) is 3.51. The molecule has 2 aliphatic heterocycles. The number of Topliss-reactive ketones (excluding diaryl/α,β-unsaturated/α-hetero) is 1. The lowest BCUT2D eigenvalue weighted by atomic mass is 9.89. The molecular weight excluding hydrogens is 328 g/mol. The summed E-state index contributed by atoms with van der Waals surface area (Å²) in [4.78, 5) is 26.1. The quantitative estimate of drug-likeness (QED) is 0.619. The van der Waals surface area contributed by atoms with Crippen LogP contribution in [0.3, 0.4) is 0 Å². The minimum Gasteiger partial charge on any atom is -0.330 e. The second-order valence-corrected chi connectivity index (χ2v) is 6.44. The van der Waals surface area contributed by atoms with Crippen LogP contribution in [0.4, 0.5) is 5.69 Å². The Hall–Kier alpha value is -3.47. The smallest absolute Gasteiger partial charge is 0.270 e. The first-order chi connectivity index (χ1) is 12.5. The topological polar surface area (TPSA) is 63.4 Å². The van der Waals surface area contributed by atoms with Crippen molar-refractivity contribution in [2.45, 2.75) is 12.5 Å². The Morgan fingerprint density at radius 1 is 1.00 bits per heavy atom. The third-order valence-electron chi connectivity index (χ3n) is 4.82. The molecule has 5 heteroatoms. The van der Waals surface area contributed by atoms with Gasteiger partial charge in [-0.2, -0.15) is 0 Å². The van der Waals surface area contributed by atoms with Crippen LogP contribution in [0.2, 0.25) is 0 Å². The number of non-ortho nitro benzene ring substituents is 1. The molecule has 0 aromatic heterocycles. The maximum absolute atomic E-state index is 13.4. The molecule has 1 unspecified atom stereocenters. The van der Waals surface area contributed by atoms with Crippen molar-refractivity contribution in [3.8, 4) is 0 Å². The number of nitrogens with zero attached hydrogens (tertiary/aromatic N) is 2. The number of benzene rings is 2. The Bertz CT molecular complexity index is 1000. The lowest BCUT2D eigenvalue weighted by molar-refractivity contribution is -0.384. The van der Waals surface area contributed by atoms with E-state index in [0.29, 0.717) is 11.1 Å². The van der Waals surface area contributed by atoms with Crippen LogP contribution in [-0.4, -0.2) is 21.1 Å². The molecule has 0 spiro atoms. The molecule has 0 N–H and O–H groups in total. The van der Waals surface area contributed by atoms with Crippen LogP contribution < -0.4 is 0 Å². The molecule has 0 bridgehead atoms. The number of fused-ring (bicyclic) bond motifs is 1. The highest BCUT2D eigenvalue weighted by molar-refractivity contribution is 6.35. The highest BCUT2D eigenvalue weighted by Gasteiger charge is 2.48. The maximum atomic E-state index is 13.4. The molecule has 2 aromatic rings. The van der Waals surface area contributed by atoms with Gasteiger partial charge in [0.05, 0.1) is 16.2 Å². The zero-order chi connectivity index (χ0) is 18.3. The van der Waals surface area contributed by atoms with E-state index < -0.39 is 10.5 Å². The standard InChI is InChI=1S/C21H16N2O3/c1-21-12-5-6-13-22(21)19(15-8-3-2-4-9-15)18(20(21)24)16-10-7-11-17(14-16)23(25)26/h2-14H,1H3. The van der Waals surface area contributed by atoms with Gasteiger partial charge in [-0.15, -0.1) is 0 Å². The molecule has 2 heterocycles. The van der Waals surface area contributed by atoms with Crippen LogP contribution in [0, 0.1) is 10.1 Å². The molecule has 0 aliphatic carbocycles. The van der Waals surface area contributed by atoms with Crippen molar-refractivity contribution in [2.75, 3.05) is 0 Å². The van der Waals surface area contributed by atoms with Gasteiger partial charge in [0.2, 0.25) is 0 Å². The van der Waals surface area contributed by atoms with Crippen molar-refractivity contribution in [1.82, 2.24) is 4.90 Å². The summed E-state index contributed by atoms with van der Waals surface area (Å²) in [5, 5.41) is 11.2. The van der Waals surface area contributed by atoms with E-state index in [4.69, 9.17) is 0 Å². The van der Waals surface area contributed by atoms with Crippen molar-refractivity contribution in [3.05, 3.63) is 100 Å². The molecule has 128 valence electrons. The summed E-state index contributed by atoms with van der Waals surface area (Å²) in [5.41, 5.74) is 1.85. The van der Waals surface area contributed by atoms with E-state index in [1.165, 1.54) is 12.1 Å². The van der Waals surface area contributed by atoms with Crippen molar-refractivity contribution < 1.29 is 9.72 Å². The third-order valence-corrected chi connectivity index (χ3v) is 4.82. The molecule has 1 atom stereocenters. The summed E-state index contributed by atoms with van der Waals surface area (Å²) in [6.07, 6.45) is 7.48. The number of ketones is 1. The maximum Gasteiger partial charge on any atom is 0.270 e.